The number of unbranched alkanes of at least 4 members (excludes halogenated alkanes) is 1. The van der Waals surface area contributed by atoms with Gasteiger partial charge in [-0.1, -0.05) is 6.08 Å². The Morgan fingerprint density at radius 1 is 1.44 bits per heavy atom. The predicted molar refractivity (Wildman–Crippen MR) is 67.3 cm³/mol. The van der Waals surface area contributed by atoms with Crippen molar-refractivity contribution >= 4 is 12.1 Å². The van der Waals surface area contributed by atoms with Gasteiger partial charge < -0.3 is 14.7 Å². The van der Waals surface area contributed by atoms with Crippen molar-refractivity contribution in [3.63, 3.8) is 0 Å². The number of allylic oxidation sites excluding steroid dienone is 1. The number of ether oxygens (including phenoxy) is 1. The number of rotatable bonds is 5. The van der Waals surface area contributed by atoms with Gasteiger partial charge in [0.2, 0.25) is 0 Å². The zero-order valence-corrected chi connectivity index (χ0v) is 10.9. The fourth-order valence-corrected chi connectivity index (χ4v) is 2.48. The summed E-state index contributed by atoms with van der Waals surface area (Å²) in [7, 11) is 1.39. The summed E-state index contributed by atoms with van der Waals surface area (Å²) in [5.41, 5.74) is -0.510. The molecule has 5 heteroatoms. The summed E-state index contributed by atoms with van der Waals surface area (Å²) in [6.45, 7) is 4.47. The molecule has 18 heavy (non-hydrogen) atoms. The maximum Gasteiger partial charge on any atom is 0.407 e. The van der Waals surface area contributed by atoms with Crippen LogP contribution in [0.1, 0.15) is 32.1 Å². The number of piperidine rings is 1. The minimum atomic E-state index is -0.917. The van der Waals surface area contributed by atoms with Crippen molar-refractivity contribution in [1.29, 1.82) is 0 Å². The molecule has 0 aromatic heterocycles. The number of esters is 1. The SMILES string of the molecule is C=CCCCC1(C(=O)OC)CCN(C(=O)O)CC1. The first kappa shape index (κ1) is 14.5. The van der Waals surface area contributed by atoms with Crippen LogP contribution in [0.3, 0.4) is 0 Å². The van der Waals surface area contributed by atoms with E-state index in [4.69, 9.17) is 9.84 Å². The first-order chi connectivity index (χ1) is 8.55. The lowest BCUT2D eigenvalue weighted by molar-refractivity contribution is -0.156. The third-order valence-electron chi connectivity index (χ3n) is 3.67. The third kappa shape index (κ3) is 3.24. The summed E-state index contributed by atoms with van der Waals surface area (Å²) in [5.74, 6) is -0.211. The fourth-order valence-electron chi connectivity index (χ4n) is 2.48. The first-order valence-corrected chi connectivity index (χ1v) is 6.23. The Morgan fingerprint density at radius 3 is 2.50 bits per heavy atom. The van der Waals surface area contributed by atoms with Crippen LogP contribution in [0.4, 0.5) is 4.79 Å². The van der Waals surface area contributed by atoms with Gasteiger partial charge in [0.05, 0.1) is 12.5 Å². The second-order valence-corrected chi connectivity index (χ2v) is 4.72. The second kappa shape index (κ2) is 6.42. The predicted octanol–water partition coefficient (Wildman–Crippen LogP) is 2.28. The number of likely N-dealkylation sites (tertiary alicyclic amines) is 1. The average molecular weight is 255 g/mol. The maximum absolute atomic E-state index is 11.9. The molecule has 1 amide bonds. The van der Waals surface area contributed by atoms with Crippen molar-refractivity contribution < 1.29 is 19.4 Å². The molecule has 5 nitrogen and oxygen atoms in total. The Balaban J connectivity index is 2.66. The highest BCUT2D eigenvalue weighted by Crippen LogP contribution is 2.37. The van der Waals surface area contributed by atoms with Crippen molar-refractivity contribution in [3.05, 3.63) is 12.7 Å². The van der Waals surface area contributed by atoms with Gasteiger partial charge in [-0.25, -0.2) is 4.79 Å². The van der Waals surface area contributed by atoms with E-state index in [0.29, 0.717) is 25.9 Å². The second-order valence-electron chi connectivity index (χ2n) is 4.72. The summed E-state index contributed by atoms with van der Waals surface area (Å²) in [6.07, 6.45) is 4.48. The van der Waals surface area contributed by atoms with Gasteiger partial charge in [-0.15, -0.1) is 6.58 Å². The minimum absolute atomic E-state index is 0.211. The van der Waals surface area contributed by atoms with Crippen molar-refractivity contribution in [2.75, 3.05) is 20.2 Å². The summed E-state index contributed by atoms with van der Waals surface area (Å²) in [6, 6.07) is 0. The lowest BCUT2D eigenvalue weighted by Crippen LogP contribution is -2.46. The van der Waals surface area contributed by atoms with Crippen molar-refractivity contribution in [3.8, 4) is 0 Å². The Bertz CT molecular complexity index is 319. The molecule has 0 radical (unpaired) electrons. The van der Waals surface area contributed by atoms with E-state index in [1.54, 1.807) is 0 Å². The van der Waals surface area contributed by atoms with Crippen LogP contribution in [-0.2, 0) is 9.53 Å². The molecular formula is C13H21NO4. The van der Waals surface area contributed by atoms with Crippen LogP contribution >= 0.6 is 0 Å². The Hall–Kier alpha value is -1.52. The van der Waals surface area contributed by atoms with Crippen LogP contribution in [-0.4, -0.2) is 42.3 Å². The molecule has 0 aliphatic carbocycles. The molecule has 1 heterocycles. The molecule has 0 saturated carbocycles. The summed E-state index contributed by atoms with van der Waals surface area (Å²) >= 11 is 0. The standard InChI is InChI=1S/C13H21NO4/c1-3-4-5-6-13(11(15)18-2)7-9-14(10-8-13)12(16)17/h3H,1,4-10H2,2H3,(H,16,17). The molecule has 0 aromatic rings. The molecule has 1 rings (SSSR count). The highest BCUT2D eigenvalue weighted by Gasteiger charge is 2.42. The van der Waals surface area contributed by atoms with Crippen LogP contribution < -0.4 is 0 Å². The number of carbonyl (C=O) groups excluding carboxylic acids is 1. The highest BCUT2D eigenvalue weighted by molar-refractivity contribution is 5.77. The number of hydrogen-bond donors (Lipinski definition) is 1. The van der Waals surface area contributed by atoms with E-state index >= 15 is 0 Å². The molecule has 0 unspecified atom stereocenters. The first-order valence-electron chi connectivity index (χ1n) is 6.23. The molecule has 1 fully saturated rings. The van der Waals surface area contributed by atoms with Crippen molar-refractivity contribution in [2.45, 2.75) is 32.1 Å². The number of carboxylic acid groups (broad SMARTS) is 1. The molecule has 1 N–H and O–H groups in total. The maximum atomic E-state index is 11.9. The molecular weight excluding hydrogens is 234 g/mol. The van der Waals surface area contributed by atoms with Gasteiger partial charge in [0.25, 0.3) is 0 Å². The number of carbonyl (C=O) groups is 2. The van der Waals surface area contributed by atoms with Gasteiger partial charge in [-0.2, -0.15) is 0 Å². The molecule has 0 spiro atoms. The van der Waals surface area contributed by atoms with E-state index in [2.05, 4.69) is 6.58 Å². The molecule has 0 atom stereocenters. The fraction of sp³-hybridized carbons (Fsp3) is 0.692. The number of hydrogen-bond acceptors (Lipinski definition) is 3. The summed E-state index contributed by atoms with van der Waals surface area (Å²) in [5, 5.41) is 8.91. The van der Waals surface area contributed by atoms with Gasteiger partial charge in [-0.3, -0.25) is 4.79 Å². The summed E-state index contributed by atoms with van der Waals surface area (Å²) < 4.78 is 4.89. The topological polar surface area (TPSA) is 66.8 Å². The average Bonchev–Trinajstić information content (AvgIpc) is 2.38. The van der Waals surface area contributed by atoms with Crippen LogP contribution in [0, 0.1) is 5.41 Å². The Labute approximate surface area is 107 Å². The van der Waals surface area contributed by atoms with E-state index in [1.165, 1.54) is 12.0 Å². The molecule has 1 aliphatic rings. The molecule has 0 aromatic carbocycles. The zero-order valence-electron chi connectivity index (χ0n) is 10.9. The lowest BCUT2D eigenvalue weighted by Gasteiger charge is -2.38. The smallest absolute Gasteiger partial charge is 0.407 e. The van der Waals surface area contributed by atoms with E-state index in [1.807, 2.05) is 6.08 Å². The highest BCUT2D eigenvalue weighted by atomic mass is 16.5. The van der Waals surface area contributed by atoms with Gasteiger partial charge in [0.1, 0.15) is 0 Å². The van der Waals surface area contributed by atoms with Gasteiger partial charge in [0.15, 0.2) is 0 Å². The van der Waals surface area contributed by atoms with Gasteiger partial charge in [-0.05, 0) is 32.1 Å². The Morgan fingerprint density at radius 2 is 2.06 bits per heavy atom. The normalized spacial score (nSPS) is 18.2. The minimum Gasteiger partial charge on any atom is -0.469 e. The number of nitrogens with zero attached hydrogens (tertiary/aromatic N) is 1. The van der Waals surface area contributed by atoms with E-state index in [9.17, 15) is 9.59 Å². The van der Waals surface area contributed by atoms with Crippen LogP contribution in [0.2, 0.25) is 0 Å². The largest absolute Gasteiger partial charge is 0.469 e. The van der Waals surface area contributed by atoms with E-state index < -0.39 is 11.5 Å². The van der Waals surface area contributed by atoms with Crippen LogP contribution in [0.5, 0.6) is 0 Å². The summed E-state index contributed by atoms with van der Waals surface area (Å²) in [4.78, 5) is 24.2. The number of amides is 1. The van der Waals surface area contributed by atoms with Crippen molar-refractivity contribution in [2.24, 2.45) is 5.41 Å². The molecule has 0 bridgehead atoms. The molecule has 102 valence electrons. The monoisotopic (exact) mass is 255 g/mol. The zero-order chi connectivity index (χ0) is 13.6. The van der Waals surface area contributed by atoms with Crippen LogP contribution in [0.15, 0.2) is 12.7 Å². The van der Waals surface area contributed by atoms with E-state index in [-0.39, 0.29) is 5.97 Å². The number of methoxy groups -OCH3 is 1. The third-order valence-corrected chi connectivity index (χ3v) is 3.67. The van der Waals surface area contributed by atoms with Crippen LogP contribution in [0.25, 0.3) is 0 Å². The lowest BCUT2D eigenvalue weighted by atomic mass is 9.74. The van der Waals surface area contributed by atoms with Gasteiger partial charge in [0, 0.05) is 13.1 Å². The molecule has 1 aliphatic heterocycles. The molecule has 1 saturated heterocycles. The Kier molecular flexibility index (Phi) is 5.19. The van der Waals surface area contributed by atoms with Crippen molar-refractivity contribution in [1.82, 2.24) is 4.90 Å². The van der Waals surface area contributed by atoms with Gasteiger partial charge >= 0.3 is 12.1 Å². The van der Waals surface area contributed by atoms with E-state index in [0.717, 1.165) is 19.3 Å². The quantitative estimate of drug-likeness (QED) is 0.465.